The minimum absolute atomic E-state index is 0.680. The third-order valence-corrected chi connectivity index (χ3v) is 22.8. The zero-order valence-corrected chi connectivity index (χ0v) is 23.6. The molecule has 0 amide bonds. The predicted octanol–water partition coefficient (Wildman–Crippen LogP) is -1.34. The van der Waals surface area contributed by atoms with Crippen molar-refractivity contribution < 1.29 is 49.4 Å². The van der Waals surface area contributed by atoms with Crippen molar-refractivity contribution in [2.45, 2.75) is 0 Å². The topological polar surface area (TPSA) is 111 Å². The van der Waals surface area contributed by atoms with Crippen LogP contribution in [0.5, 0.6) is 0 Å². The minimum Gasteiger partial charge on any atom is -0.369 e. The van der Waals surface area contributed by atoms with Crippen LogP contribution in [-0.2, 0) is 49.4 Å². The first-order valence-corrected chi connectivity index (χ1v) is 19.4. The zero-order valence-electron chi connectivity index (χ0n) is 15.6. The Bertz CT molecular complexity index is 912. The van der Waals surface area contributed by atoms with Crippen LogP contribution < -0.4 is 5.19 Å². The van der Waals surface area contributed by atoms with Gasteiger partial charge in [0.15, 0.2) is 0 Å². The van der Waals surface area contributed by atoms with Crippen LogP contribution in [0.3, 0.4) is 0 Å². The van der Waals surface area contributed by atoms with E-state index < -0.39 is 75.5 Å². The summed E-state index contributed by atoms with van der Waals surface area (Å²) in [6, 6.07) is 17.8. The van der Waals surface area contributed by atoms with Crippen molar-refractivity contribution in [1.82, 2.24) is 0 Å². The van der Waals surface area contributed by atoms with Crippen LogP contribution in [0.25, 0.3) is 11.1 Å². The maximum atomic E-state index is 6.33. The second kappa shape index (κ2) is 8.42. The second-order valence-electron chi connectivity index (χ2n) is 6.47. The van der Waals surface area contributed by atoms with Crippen molar-refractivity contribution in [3.8, 4) is 11.1 Å². The molecule has 0 aromatic heterocycles. The lowest BCUT2D eigenvalue weighted by Gasteiger charge is -2.44. The molecule has 6 aliphatic rings. The molecule has 12 nitrogen and oxygen atoms in total. The first-order chi connectivity index (χ1) is 15.7. The van der Waals surface area contributed by atoms with E-state index in [0.717, 1.165) is 11.1 Å². The first kappa shape index (κ1) is 21.0. The summed E-state index contributed by atoms with van der Waals surface area (Å²) in [4.78, 5) is 0. The average molecular weight is 570 g/mol. The van der Waals surface area contributed by atoms with E-state index in [1.54, 1.807) is 0 Å². The minimum atomic E-state index is -3.68. The average Bonchev–Trinajstić information content (AvgIpc) is 2.70. The molecule has 6 aliphatic heterocycles. The normalized spacial score (nSPS) is 27.8. The Hall–Kier alpha value is -0.305. The van der Waals surface area contributed by atoms with Gasteiger partial charge >= 0.3 is 75.5 Å². The number of hydrogen-bond donors (Lipinski definition) is 0. The van der Waals surface area contributed by atoms with Crippen LogP contribution in [0.15, 0.2) is 54.6 Å². The summed E-state index contributed by atoms with van der Waals surface area (Å²) in [5.41, 5.74) is 2.12. The fourth-order valence-corrected chi connectivity index (χ4v) is 25.6. The fourth-order valence-electron chi connectivity index (χ4n) is 3.12. The summed E-state index contributed by atoms with van der Waals surface area (Å²) < 4.78 is 71.9. The van der Waals surface area contributed by atoms with Gasteiger partial charge in [-0.3, -0.25) is 0 Å². The van der Waals surface area contributed by atoms with Crippen LogP contribution in [0, 0.1) is 0 Å². The fraction of sp³-hybridized carbons (Fsp3) is 0. The summed E-state index contributed by atoms with van der Waals surface area (Å²) in [5, 5.41) is 0.680. The Morgan fingerprint density at radius 3 is 1.22 bits per heavy atom. The highest BCUT2D eigenvalue weighted by atomic mass is 28.6. The molecular formula is C12H9O12Si8. The smallest absolute Gasteiger partial charge is 0.369 e. The molecular weight excluding hydrogens is 561 g/mol. The lowest BCUT2D eigenvalue weighted by molar-refractivity contribution is 0.0349. The summed E-state index contributed by atoms with van der Waals surface area (Å²) in [6.07, 6.45) is 0. The van der Waals surface area contributed by atoms with Crippen molar-refractivity contribution in [1.29, 1.82) is 0 Å². The highest BCUT2D eigenvalue weighted by molar-refractivity contribution is 6.91. The molecule has 0 saturated carbocycles. The highest BCUT2D eigenvalue weighted by Crippen LogP contribution is 2.30. The summed E-state index contributed by atoms with van der Waals surface area (Å²) in [7, 11) is -20.2. The van der Waals surface area contributed by atoms with Gasteiger partial charge < -0.3 is 49.4 Å². The van der Waals surface area contributed by atoms with E-state index in [1.807, 2.05) is 54.6 Å². The molecule has 20 heteroatoms. The molecule has 0 atom stereocenters. The quantitative estimate of drug-likeness (QED) is 0.399. The molecule has 161 valence electrons. The third kappa shape index (κ3) is 3.95. The molecule has 0 spiro atoms. The van der Waals surface area contributed by atoms with Crippen molar-refractivity contribution in [2.24, 2.45) is 0 Å². The van der Waals surface area contributed by atoms with Gasteiger partial charge in [0, 0.05) is 5.19 Å². The highest BCUT2D eigenvalue weighted by Gasteiger charge is 2.66. The number of rotatable bonds is 2. The van der Waals surface area contributed by atoms with Crippen LogP contribution in [-0.4, -0.2) is 75.5 Å². The van der Waals surface area contributed by atoms with Gasteiger partial charge in [0.2, 0.25) is 0 Å². The van der Waals surface area contributed by atoms with Crippen molar-refractivity contribution in [3.05, 3.63) is 54.6 Å². The zero-order chi connectivity index (χ0) is 21.1. The van der Waals surface area contributed by atoms with E-state index >= 15 is 0 Å². The lowest BCUT2D eigenvalue weighted by Crippen LogP contribution is -2.75. The van der Waals surface area contributed by atoms with Gasteiger partial charge in [-0.1, -0.05) is 54.6 Å². The van der Waals surface area contributed by atoms with Crippen LogP contribution in [0.2, 0.25) is 0 Å². The summed E-state index contributed by atoms with van der Waals surface area (Å²) in [5.74, 6) is 0. The Balaban J connectivity index is 1.30. The van der Waals surface area contributed by atoms with Crippen LogP contribution >= 0.6 is 0 Å². The van der Waals surface area contributed by atoms with Gasteiger partial charge in [0.1, 0.15) is 0 Å². The van der Waals surface area contributed by atoms with E-state index in [2.05, 4.69) is 0 Å². The standard InChI is InChI=1S/C12H9O12Si8/c1-2-4-10(5-3-1)11-6-8-12(9-7-11)32-22-29-16-26-13-25-14-27(18-29)20-31(24-32)21-28(15-25)19-30(17-26)23-32/h1-9H. The SMILES string of the molecule is c1ccc(-c2ccc([Si]34O[Si]5O[Si]6O[Si]7O[Si](O5)O[Si](O[Si](O7)O[Si](O6)O3)O4)cc2)cc1. The van der Waals surface area contributed by atoms with Gasteiger partial charge in [0.05, 0.1) is 0 Å². The van der Waals surface area contributed by atoms with Crippen LogP contribution in [0.1, 0.15) is 0 Å². The monoisotopic (exact) mass is 569 g/mol. The molecule has 0 unspecified atom stereocenters. The van der Waals surface area contributed by atoms with Crippen molar-refractivity contribution >= 4 is 80.7 Å². The maximum absolute atomic E-state index is 6.33. The van der Waals surface area contributed by atoms with E-state index in [9.17, 15) is 0 Å². The van der Waals surface area contributed by atoms with E-state index in [-0.39, 0.29) is 0 Å². The molecule has 32 heavy (non-hydrogen) atoms. The summed E-state index contributed by atoms with van der Waals surface area (Å²) in [6.45, 7) is 0. The molecule has 6 saturated heterocycles. The Labute approximate surface area is 195 Å². The Morgan fingerprint density at radius 1 is 0.406 bits per heavy atom. The second-order valence-corrected chi connectivity index (χ2v) is 21.5. The third-order valence-electron chi connectivity index (χ3n) is 4.50. The predicted molar refractivity (Wildman–Crippen MR) is 111 cm³/mol. The molecule has 7 radical (unpaired) electrons. The molecule has 8 rings (SSSR count). The number of hydrogen-bond acceptors (Lipinski definition) is 12. The number of benzene rings is 2. The summed E-state index contributed by atoms with van der Waals surface area (Å²) >= 11 is 0. The van der Waals surface area contributed by atoms with Gasteiger partial charge in [0.25, 0.3) is 0 Å². The van der Waals surface area contributed by atoms with E-state index in [0.29, 0.717) is 5.19 Å². The van der Waals surface area contributed by atoms with E-state index in [4.69, 9.17) is 49.4 Å². The molecule has 8 bridgehead atoms. The Kier molecular flexibility index (Phi) is 5.53. The van der Waals surface area contributed by atoms with Gasteiger partial charge in [-0.05, 0) is 11.1 Å². The lowest BCUT2D eigenvalue weighted by atomic mass is 10.1. The molecule has 0 N–H and O–H groups in total. The van der Waals surface area contributed by atoms with E-state index in [1.165, 1.54) is 0 Å². The molecule has 0 aliphatic carbocycles. The van der Waals surface area contributed by atoms with Crippen molar-refractivity contribution in [3.63, 3.8) is 0 Å². The van der Waals surface area contributed by atoms with Gasteiger partial charge in [-0.2, -0.15) is 0 Å². The first-order valence-electron chi connectivity index (χ1n) is 9.13. The largest absolute Gasteiger partial charge is 0.553 e. The molecule has 6 fully saturated rings. The van der Waals surface area contributed by atoms with Gasteiger partial charge in [-0.25, -0.2) is 0 Å². The maximum Gasteiger partial charge on any atom is 0.553 e. The van der Waals surface area contributed by atoms with Gasteiger partial charge in [-0.15, -0.1) is 0 Å². The Morgan fingerprint density at radius 2 is 0.781 bits per heavy atom. The molecule has 2 aromatic carbocycles. The molecule has 2 aromatic rings. The molecule has 6 heterocycles. The van der Waals surface area contributed by atoms with Crippen LogP contribution in [0.4, 0.5) is 0 Å². The van der Waals surface area contributed by atoms with Crippen molar-refractivity contribution in [2.75, 3.05) is 0 Å².